The summed E-state index contributed by atoms with van der Waals surface area (Å²) in [6.07, 6.45) is 0. The molecule has 0 spiro atoms. The zero-order chi connectivity index (χ0) is 11.7. The van der Waals surface area contributed by atoms with E-state index in [0.29, 0.717) is 0 Å². The maximum atomic E-state index is 11.5. The Balaban J connectivity index is 3.60. The highest BCUT2D eigenvalue weighted by Gasteiger charge is 2.20. The summed E-state index contributed by atoms with van der Waals surface area (Å²) in [7, 11) is 1.31. The summed E-state index contributed by atoms with van der Waals surface area (Å²) in [5, 5.41) is 9.88. The quantitative estimate of drug-likeness (QED) is 0.721. The van der Waals surface area contributed by atoms with Crippen molar-refractivity contribution in [3.8, 4) is 5.75 Å². The molecular formula is C12H16O3. The molecule has 3 heteroatoms. The van der Waals surface area contributed by atoms with Crippen LogP contribution in [0, 0.1) is 27.7 Å². The van der Waals surface area contributed by atoms with Crippen LogP contribution < -0.4 is 0 Å². The second-order valence-electron chi connectivity index (χ2n) is 3.72. The summed E-state index contributed by atoms with van der Waals surface area (Å²) in [6, 6.07) is 0. The Morgan fingerprint density at radius 2 is 1.47 bits per heavy atom. The van der Waals surface area contributed by atoms with E-state index in [-0.39, 0.29) is 11.3 Å². The molecule has 1 aromatic carbocycles. The van der Waals surface area contributed by atoms with Crippen LogP contribution in [-0.2, 0) is 4.74 Å². The van der Waals surface area contributed by atoms with Gasteiger partial charge in [-0.3, -0.25) is 0 Å². The molecule has 0 aliphatic heterocycles. The number of esters is 1. The summed E-state index contributed by atoms with van der Waals surface area (Å²) in [5.41, 5.74) is 3.82. The Labute approximate surface area is 89.7 Å². The summed E-state index contributed by atoms with van der Waals surface area (Å²) in [5.74, 6) is -0.460. The first-order valence-electron chi connectivity index (χ1n) is 4.79. The van der Waals surface area contributed by atoms with E-state index in [0.717, 1.165) is 22.3 Å². The Bertz CT molecular complexity index is 390. The number of hydrogen-bond donors (Lipinski definition) is 1. The van der Waals surface area contributed by atoms with Gasteiger partial charge in [0.2, 0.25) is 0 Å². The topological polar surface area (TPSA) is 46.5 Å². The Kier molecular flexibility index (Phi) is 3.03. The van der Waals surface area contributed by atoms with Gasteiger partial charge in [-0.1, -0.05) is 0 Å². The molecule has 0 heterocycles. The van der Waals surface area contributed by atoms with Crippen molar-refractivity contribution in [1.29, 1.82) is 0 Å². The molecular weight excluding hydrogens is 192 g/mol. The monoisotopic (exact) mass is 208 g/mol. The fourth-order valence-corrected chi connectivity index (χ4v) is 1.64. The van der Waals surface area contributed by atoms with Gasteiger partial charge in [0.05, 0.1) is 7.11 Å². The molecule has 15 heavy (non-hydrogen) atoms. The SMILES string of the molecule is COC(=O)c1c(C)c(C)c(C)c(C)c1O. The molecule has 0 aliphatic rings. The normalized spacial score (nSPS) is 10.2. The molecule has 0 saturated heterocycles. The minimum atomic E-state index is -0.490. The third-order valence-electron chi connectivity index (χ3n) is 3.04. The van der Waals surface area contributed by atoms with Crippen LogP contribution in [0.4, 0.5) is 0 Å². The van der Waals surface area contributed by atoms with Crippen LogP contribution in [0.2, 0.25) is 0 Å². The number of benzene rings is 1. The van der Waals surface area contributed by atoms with Crippen molar-refractivity contribution in [3.05, 3.63) is 27.8 Å². The van der Waals surface area contributed by atoms with Crippen LogP contribution in [0.3, 0.4) is 0 Å². The molecule has 0 amide bonds. The molecule has 82 valence electrons. The minimum Gasteiger partial charge on any atom is -0.507 e. The molecule has 0 radical (unpaired) electrons. The van der Waals surface area contributed by atoms with Gasteiger partial charge < -0.3 is 9.84 Å². The number of ether oxygens (including phenoxy) is 1. The van der Waals surface area contributed by atoms with Gasteiger partial charge in [-0.2, -0.15) is 0 Å². The van der Waals surface area contributed by atoms with Crippen molar-refractivity contribution < 1.29 is 14.6 Å². The Morgan fingerprint density at radius 1 is 1.00 bits per heavy atom. The maximum Gasteiger partial charge on any atom is 0.341 e. The van der Waals surface area contributed by atoms with Crippen molar-refractivity contribution in [3.63, 3.8) is 0 Å². The summed E-state index contributed by atoms with van der Waals surface area (Å²) >= 11 is 0. The van der Waals surface area contributed by atoms with Crippen molar-refractivity contribution >= 4 is 5.97 Å². The number of carbonyl (C=O) groups is 1. The number of methoxy groups -OCH3 is 1. The highest BCUT2D eigenvalue weighted by Crippen LogP contribution is 2.31. The van der Waals surface area contributed by atoms with Gasteiger partial charge in [0.25, 0.3) is 0 Å². The predicted octanol–water partition coefficient (Wildman–Crippen LogP) is 2.41. The molecule has 0 fully saturated rings. The van der Waals surface area contributed by atoms with E-state index in [1.165, 1.54) is 7.11 Å². The molecule has 0 aromatic heterocycles. The third-order valence-corrected chi connectivity index (χ3v) is 3.04. The lowest BCUT2D eigenvalue weighted by Gasteiger charge is -2.15. The first kappa shape index (κ1) is 11.6. The molecule has 3 nitrogen and oxygen atoms in total. The largest absolute Gasteiger partial charge is 0.507 e. The minimum absolute atomic E-state index is 0.0300. The van der Waals surface area contributed by atoms with E-state index in [1.807, 2.05) is 20.8 Å². The van der Waals surface area contributed by atoms with Crippen LogP contribution in [0.25, 0.3) is 0 Å². The second-order valence-corrected chi connectivity index (χ2v) is 3.72. The van der Waals surface area contributed by atoms with Crippen LogP contribution in [0.5, 0.6) is 5.75 Å². The van der Waals surface area contributed by atoms with Gasteiger partial charge in [-0.15, -0.1) is 0 Å². The average Bonchev–Trinajstić information content (AvgIpc) is 2.23. The number of phenols is 1. The van der Waals surface area contributed by atoms with Crippen LogP contribution in [0.15, 0.2) is 0 Å². The van der Waals surface area contributed by atoms with Crippen molar-refractivity contribution in [2.75, 3.05) is 7.11 Å². The number of hydrogen-bond acceptors (Lipinski definition) is 3. The molecule has 0 unspecified atom stereocenters. The number of aromatic hydroxyl groups is 1. The average molecular weight is 208 g/mol. The van der Waals surface area contributed by atoms with Crippen LogP contribution >= 0.6 is 0 Å². The lowest BCUT2D eigenvalue weighted by molar-refractivity contribution is 0.0596. The van der Waals surface area contributed by atoms with E-state index in [4.69, 9.17) is 0 Å². The van der Waals surface area contributed by atoms with E-state index in [1.54, 1.807) is 6.92 Å². The summed E-state index contributed by atoms with van der Waals surface area (Å²) in [6.45, 7) is 7.47. The van der Waals surface area contributed by atoms with Gasteiger partial charge in [-0.05, 0) is 49.9 Å². The van der Waals surface area contributed by atoms with E-state index in [2.05, 4.69) is 4.74 Å². The van der Waals surface area contributed by atoms with E-state index in [9.17, 15) is 9.90 Å². The first-order valence-corrected chi connectivity index (χ1v) is 4.79. The van der Waals surface area contributed by atoms with Crippen LogP contribution in [-0.4, -0.2) is 18.2 Å². The second kappa shape index (κ2) is 3.93. The zero-order valence-electron chi connectivity index (χ0n) is 9.76. The summed E-state index contributed by atoms with van der Waals surface area (Å²) < 4.78 is 4.65. The Hall–Kier alpha value is -1.51. The first-order chi connectivity index (χ1) is 6.91. The molecule has 0 atom stereocenters. The molecule has 1 N–H and O–H groups in total. The van der Waals surface area contributed by atoms with Gasteiger partial charge in [0.1, 0.15) is 11.3 Å². The number of phenolic OH excluding ortho intramolecular Hbond substituents is 1. The molecule has 0 aliphatic carbocycles. The lowest BCUT2D eigenvalue weighted by atomic mass is 9.93. The fraction of sp³-hybridized carbons (Fsp3) is 0.417. The standard InChI is InChI=1S/C12H16O3/c1-6-7(2)9(4)11(13)10(8(6)3)12(14)15-5/h13H,1-5H3. The van der Waals surface area contributed by atoms with Gasteiger partial charge >= 0.3 is 5.97 Å². The Morgan fingerprint density at radius 3 is 1.93 bits per heavy atom. The predicted molar refractivity (Wildman–Crippen MR) is 58.4 cm³/mol. The molecule has 1 aromatic rings. The summed E-state index contributed by atoms with van der Waals surface area (Å²) in [4.78, 5) is 11.5. The van der Waals surface area contributed by atoms with Gasteiger partial charge in [-0.25, -0.2) is 4.79 Å². The lowest BCUT2D eigenvalue weighted by Crippen LogP contribution is -2.08. The highest BCUT2D eigenvalue weighted by molar-refractivity contribution is 5.95. The number of rotatable bonds is 1. The van der Waals surface area contributed by atoms with Gasteiger partial charge in [0.15, 0.2) is 0 Å². The highest BCUT2D eigenvalue weighted by atomic mass is 16.5. The molecule has 1 rings (SSSR count). The van der Waals surface area contributed by atoms with E-state index < -0.39 is 5.97 Å². The van der Waals surface area contributed by atoms with E-state index >= 15 is 0 Å². The maximum absolute atomic E-state index is 11.5. The molecule has 0 bridgehead atoms. The van der Waals surface area contributed by atoms with Crippen LogP contribution in [0.1, 0.15) is 32.6 Å². The van der Waals surface area contributed by atoms with Crippen molar-refractivity contribution in [2.24, 2.45) is 0 Å². The van der Waals surface area contributed by atoms with Gasteiger partial charge in [0, 0.05) is 0 Å². The van der Waals surface area contributed by atoms with Crippen molar-refractivity contribution in [2.45, 2.75) is 27.7 Å². The smallest absolute Gasteiger partial charge is 0.341 e. The fourth-order valence-electron chi connectivity index (χ4n) is 1.64. The van der Waals surface area contributed by atoms with Crippen molar-refractivity contribution in [1.82, 2.24) is 0 Å². The zero-order valence-corrected chi connectivity index (χ0v) is 9.76. The third kappa shape index (κ3) is 1.69. The molecule has 0 saturated carbocycles. The number of carbonyl (C=O) groups excluding carboxylic acids is 1.